The highest BCUT2D eigenvalue weighted by Crippen LogP contribution is 2.18. The molecule has 0 heterocycles. The highest BCUT2D eigenvalue weighted by Gasteiger charge is 2.15. The van der Waals surface area contributed by atoms with Crippen molar-refractivity contribution in [1.82, 2.24) is 5.32 Å². The van der Waals surface area contributed by atoms with Crippen molar-refractivity contribution in [3.63, 3.8) is 0 Å². The van der Waals surface area contributed by atoms with E-state index in [0.717, 1.165) is 11.1 Å². The molecule has 2 amide bonds. The van der Waals surface area contributed by atoms with E-state index < -0.39 is 15.9 Å². The molecule has 0 atom stereocenters. The van der Waals surface area contributed by atoms with Crippen LogP contribution in [0.3, 0.4) is 0 Å². The SMILES string of the molecule is Cc1cccc(NC(=O)CNC(=O)c2ccc(S(=O)(=O)Nc3ccccc3)cc2)c1C. The molecule has 0 radical (unpaired) electrons. The Morgan fingerprint density at radius 1 is 0.839 bits per heavy atom. The van der Waals surface area contributed by atoms with Gasteiger partial charge in [0.25, 0.3) is 15.9 Å². The maximum Gasteiger partial charge on any atom is 0.261 e. The minimum Gasteiger partial charge on any atom is -0.343 e. The van der Waals surface area contributed by atoms with Gasteiger partial charge < -0.3 is 10.6 Å². The zero-order chi connectivity index (χ0) is 22.4. The lowest BCUT2D eigenvalue weighted by molar-refractivity contribution is -0.115. The van der Waals surface area contributed by atoms with Crippen molar-refractivity contribution in [2.75, 3.05) is 16.6 Å². The van der Waals surface area contributed by atoms with Gasteiger partial charge in [0.2, 0.25) is 5.91 Å². The monoisotopic (exact) mass is 437 g/mol. The van der Waals surface area contributed by atoms with Gasteiger partial charge in [-0.3, -0.25) is 14.3 Å². The number of aryl methyl sites for hydroxylation is 1. The molecule has 0 unspecified atom stereocenters. The first kappa shape index (κ1) is 22.0. The summed E-state index contributed by atoms with van der Waals surface area (Å²) in [5, 5.41) is 5.30. The second-order valence-electron chi connectivity index (χ2n) is 6.97. The average Bonchev–Trinajstić information content (AvgIpc) is 2.76. The van der Waals surface area contributed by atoms with E-state index in [1.165, 1.54) is 24.3 Å². The van der Waals surface area contributed by atoms with Crippen LogP contribution in [0.2, 0.25) is 0 Å². The van der Waals surface area contributed by atoms with E-state index in [9.17, 15) is 18.0 Å². The van der Waals surface area contributed by atoms with Crippen LogP contribution in [0, 0.1) is 13.8 Å². The molecule has 0 saturated carbocycles. The van der Waals surface area contributed by atoms with Crippen molar-refractivity contribution in [1.29, 1.82) is 0 Å². The Balaban J connectivity index is 1.58. The second kappa shape index (κ2) is 9.44. The first-order chi connectivity index (χ1) is 14.8. The van der Waals surface area contributed by atoms with E-state index in [2.05, 4.69) is 15.4 Å². The first-order valence-corrected chi connectivity index (χ1v) is 11.1. The molecule has 3 N–H and O–H groups in total. The lowest BCUT2D eigenvalue weighted by atomic mass is 10.1. The van der Waals surface area contributed by atoms with Crippen molar-refractivity contribution in [2.45, 2.75) is 18.7 Å². The lowest BCUT2D eigenvalue weighted by Gasteiger charge is -2.11. The van der Waals surface area contributed by atoms with Crippen LogP contribution >= 0.6 is 0 Å². The summed E-state index contributed by atoms with van der Waals surface area (Å²) in [6.07, 6.45) is 0. The first-order valence-electron chi connectivity index (χ1n) is 9.58. The predicted molar refractivity (Wildman–Crippen MR) is 121 cm³/mol. The fraction of sp³-hybridized carbons (Fsp3) is 0.130. The molecule has 8 heteroatoms. The summed E-state index contributed by atoms with van der Waals surface area (Å²) in [6, 6.07) is 19.6. The largest absolute Gasteiger partial charge is 0.343 e. The molecular weight excluding hydrogens is 414 g/mol. The molecule has 0 fully saturated rings. The van der Waals surface area contributed by atoms with Gasteiger partial charge in [0.05, 0.1) is 11.4 Å². The van der Waals surface area contributed by atoms with Gasteiger partial charge in [-0.2, -0.15) is 0 Å². The maximum atomic E-state index is 12.5. The van der Waals surface area contributed by atoms with Crippen LogP contribution in [0.5, 0.6) is 0 Å². The number of carbonyl (C=O) groups is 2. The average molecular weight is 438 g/mol. The Kier molecular flexibility index (Phi) is 6.71. The third-order valence-electron chi connectivity index (χ3n) is 4.74. The Bertz CT molecular complexity index is 1190. The third-order valence-corrected chi connectivity index (χ3v) is 6.14. The molecule has 3 aromatic rings. The van der Waals surface area contributed by atoms with Crippen molar-refractivity contribution in [3.05, 3.63) is 89.5 Å². The van der Waals surface area contributed by atoms with Crippen molar-refractivity contribution >= 4 is 33.2 Å². The van der Waals surface area contributed by atoms with Crippen LogP contribution in [-0.4, -0.2) is 26.8 Å². The van der Waals surface area contributed by atoms with E-state index in [1.54, 1.807) is 36.4 Å². The van der Waals surface area contributed by atoms with Gasteiger partial charge in [0.15, 0.2) is 0 Å². The minimum absolute atomic E-state index is 0.0283. The normalized spacial score (nSPS) is 10.9. The topological polar surface area (TPSA) is 104 Å². The highest BCUT2D eigenvalue weighted by atomic mass is 32.2. The molecule has 0 aliphatic heterocycles. The van der Waals surface area contributed by atoms with E-state index in [4.69, 9.17) is 0 Å². The fourth-order valence-corrected chi connectivity index (χ4v) is 3.91. The van der Waals surface area contributed by atoms with E-state index in [1.807, 2.05) is 26.0 Å². The number of benzene rings is 3. The number of amides is 2. The van der Waals surface area contributed by atoms with Gasteiger partial charge in [-0.1, -0.05) is 30.3 Å². The van der Waals surface area contributed by atoms with E-state index in [0.29, 0.717) is 11.4 Å². The lowest BCUT2D eigenvalue weighted by Crippen LogP contribution is -2.33. The quantitative estimate of drug-likeness (QED) is 0.526. The van der Waals surface area contributed by atoms with Crippen LogP contribution < -0.4 is 15.4 Å². The summed E-state index contributed by atoms with van der Waals surface area (Å²) in [5.74, 6) is -0.829. The highest BCUT2D eigenvalue weighted by molar-refractivity contribution is 7.92. The summed E-state index contributed by atoms with van der Waals surface area (Å²) >= 11 is 0. The van der Waals surface area contributed by atoms with Crippen LogP contribution in [0.25, 0.3) is 0 Å². The summed E-state index contributed by atoms with van der Waals surface area (Å²) in [6.45, 7) is 3.65. The van der Waals surface area contributed by atoms with E-state index in [-0.39, 0.29) is 22.9 Å². The Morgan fingerprint density at radius 3 is 2.19 bits per heavy atom. The molecule has 160 valence electrons. The molecule has 31 heavy (non-hydrogen) atoms. The Hall–Kier alpha value is -3.65. The number of hydrogen-bond acceptors (Lipinski definition) is 4. The van der Waals surface area contributed by atoms with Gasteiger partial charge in [-0.25, -0.2) is 8.42 Å². The van der Waals surface area contributed by atoms with Gasteiger partial charge >= 0.3 is 0 Å². The molecule has 0 aliphatic carbocycles. The minimum atomic E-state index is -3.77. The Labute approximate surface area is 181 Å². The van der Waals surface area contributed by atoms with Crippen molar-refractivity contribution in [2.24, 2.45) is 0 Å². The van der Waals surface area contributed by atoms with Gasteiger partial charge in [0, 0.05) is 16.9 Å². The van der Waals surface area contributed by atoms with Crippen LogP contribution in [-0.2, 0) is 14.8 Å². The summed E-state index contributed by atoms with van der Waals surface area (Å²) < 4.78 is 27.4. The number of hydrogen-bond donors (Lipinski definition) is 3. The zero-order valence-electron chi connectivity index (χ0n) is 17.2. The molecule has 0 saturated heterocycles. The summed E-state index contributed by atoms with van der Waals surface area (Å²) in [7, 11) is -3.77. The number of nitrogens with one attached hydrogen (secondary N) is 3. The maximum absolute atomic E-state index is 12.5. The summed E-state index contributed by atoms with van der Waals surface area (Å²) in [4.78, 5) is 24.5. The second-order valence-corrected chi connectivity index (χ2v) is 8.66. The fourth-order valence-electron chi connectivity index (χ4n) is 2.85. The number of sulfonamides is 1. The molecule has 7 nitrogen and oxygen atoms in total. The number of carbonyl (C=O) groups excluding carboxylic acids is 2. The smallest absolute Gasteiger partial charge is 0.261 e. The summed E-state index contributed by atoms with van der Waals surface area (Å²) in [5.41, 5.74) is 3.40. The molecule has 0 aromatic heterocycles. The molecule has 3 aromatic carbocycles. The molecule has 3 rings (SSSR count). The molecule has 0 spiro atoms. The third kappa shape index (κ3) is 5.70. The van der Waals surface area contributed by atoms with Crippen molar-refractivity contribution < 1.29 is 18.0 Å². The molecular formula is C23H23N3O4S. The predicted octanol–water partition coefficient (Wildman–Crippen LogP) is 3.47. The number of rotatable bonds is 7. The zero-order valence-corrected chi connectivity index (χ0v) is 18.0. The van der Waals surface area contributed by atoms with Gasteiger partial charge in [-0.15, -0.1) is 0 Å². The van der Waals surface area contributed by atoms with Crippen LogP contribution in [0.15, 0.2) is 77.7 Å². The van der Waals surface area contributed by atoms with Crippen molar-refractivity contribution in [3.8, 4) is 0 Å². The van der Waals surface area contributed by atoms with Gasteiger partial charge in [-0.05, 0) is 67.4 Å². The number of para-hydroxylation sites is 1. The number of anilines is 2. The molecule has 0 aliphatic rings. The van der Waals surface area contributed by atoms with E-state index >= 15 is 0 Å². The standard InChI is InChI=1S/C23H23N3O4S/c1-16-7-6-10-21(17(16)2)25-22(27)15-24-23(28)18-11-13-20(14-12-18)31(29,30)26-19-8-4-3-5-9-19/h3-14,26H,15H2,1-2H3,(H,24,28)(H,25,27). The van der Waals surface area contributed by atoms with Crippen LogP contribution in [0.1, 0.15) is 21.5 Å². The molecule has 0 bridgehead atoms. The van der Waals surface area contributed by atoms with Crippen LogP contribution in [0.4, 0.5) is 11.4 Å². The van der Waals surface area contributed by atoms with Gasteiger partial charge in [0.1, 0.15) is 0 Å². The Morgan fingerprint density at radius 2 is 1.52 bits per heavy atom.